The number of hydrogen-bond acceptors (Lipinski definition) is 3. The van der Waals surface area contributed by atoms with Crippen molar-refractivity contribution in [3.8, 4) is 0 Å². The van der Waals surface area contributed by atoms with Gasteiger partial charge in [0, 0.05) is 18.6 Å². The molecule has 5 nitrogen and oxygen atoms in total. The van der Waals surface area contributed by atoms with Crippen LogP contribution in [0.4, 0.5) is 5.69 Å². The Balaban J connectivity index is 2.04. The molecule has 1 amide bonds. The van der Waals surface area contributed by atoms with Crippen molar-refractivity contribution in [1.82, 2.24) is 14.7 Å². The fourth-order valence-electron chi connectivity index (χ4n) is 2.44. The zero-order valence-corrected chi connectivity index (χ0v) is 15.0. The molecule has 1 N–H and O–H groups in total. The Morgan fingerprint density at radius 2 is 2.13 bits per heavy atom. The Hall–Kier alpha value is -1.85. The van der Waals surface area contributed by atoms with E-state index in [1.165, 1.54) is 0 Å². The fourth-order valence-corrected chi connectivity index (χ4v) is 2.66. The first-order valence-corrected chi connectivity index (χ1v) is 7.93. The van der Waals surface area contributed by atoms with Gasteiger partial charge in [-0.15, -0.1) is 0 Å². The highest BCUT2D eigenvalue weighted by Crippen LogP contribution is 2.19. The van der Waals surface area contributed by atoms with Crippen LogP contribution < -0.4 is 5.32 Å². The summed E-state index contributed by atoms with van der Waals surface area (Å²) in [6.07, 6.45) is 0. The number of halogens is 1. The lowest BCUT2D eigenvalue weighted by molar-refractivity contribution is -0.120. The van der Waals surface area contributed by atoms with Gasteiger partial charge in [-0.2, -0.15) is 5.10 Å². The summed E-state index contributed by atoms with van der Waals surface area (Å²) < 4.78 is 1.77. The average Bonchev–Trinajstić information content (AvgIpc) is 2.72. The molecule has 124 valence electrons. The van der Waals surface area contributed by atoms with Crippen LogP contribution in [0, 0.1) is 13.8 Å². The van der Waals surface area contributed by atoms with Crippen molar-refractivity contribution < 1.29 is 4.79 Å². The van der Waals surface area contributed by atoms with Gasteiger partial charge in [0.1, 0.15) is 0 Å². The Morgan fingerprint density at radius 1 is 1.43 bits per heavy atom. The molecule has 1 heterocycles. The normalized spacial score (nSPS) is 12.5. The molecule has 1 aromatic carbocycles. The van der Waals surface area contributed by atoms with Crippen molar-refractivity contribution >= 4 is 23.2 Å². The van der Waals surface area contributed by atoms with Crippen molar-refractivity contribution in [2.24, 2.45) is 7.05 Å². The molecule has 0 bridgehead atoms. The topological polar surface area (TPSA) is 50.2 Å². The summed E-state index contributed by atoms with van der Waals surface area (Å²) in [5.74, 6) is -0.0475. The molecular weight excluding hydrogens is 312 g/mol. The lowest BCUT2D eigenvalue weighted by Crippen LogP contribution is -2.39. The van der Waals surface area contributed by atoms with E-state index in [2.05, 4.69) is 10.4 Å². The highest BCUT2D eigenvalue weighted by atomic mass is 35.5. The average molecular weight is 335 g/mol. The number of nitrogens with zero attached hydrogens (tertiary/aromatic N) is 3. The van der Waals surface area contributed by atoms with E-state index in [9.17, 15) is 4.79 Å². The summed E-state index contributed by atoms with van der Waals surface area (Å²) in [6, 6.07) is 7.40. The van der Waals surface area contributed by atoms with E-state index in [1.54, 1.807) is 4.68 Å². The number of aromatic nitrogens is 2. The van der Waals surface area contributed by atoms with E-state index in [0.29, 0.717) is 11.6 Å². The monoisotopic (exact) mass is 334 g/mol. The second kappa shape index (κ2) is 7.15. The lowest BCUT2D eigenvalue weighted by Gasteiger charge is -2.24. The van der Waals surface area contributed by atoms with E-state index < -0.39 is 0 Å². The van der Waals surface area contributed by atoms with Gasteiger partial charge in [-0.1, -0.05) is 23.7 Å². The number of anilines is 1. The van der Waals surface area contributed by atoms with E-state index in [4.69, 9.17) is 11.6 Å². The molecule has 0 aliphatic carbocycles. The Bertz CT molecular complexity index is 711. The third-order valence-electron chi connectivity index (χ3n) is 4.12. The minimum absolute atomic E-state index is 0.0475. The van der Waals surface area contributed by atoms with Gasteiger partial charge in [-0.3, -0.25) is 14.4 Å². The predicted octanol–water partition coefficient (Wildman–Crippen LogP) is 3.15. The number of likely N-dealkylation sites (N-methyl/N-ethyl adjacent to an activating group) is 1. The number of hydrogen-bond donors (Lipinski definition) is 1. The standard InChI is InChI=1S/C17H23ClN4O/c1-11-16(12(2)22(5)20-11)19-17(23)13(3)21(4)10-14-7-6-8-15(18)9-14/h6-9,13H,10H2,1-5H3,(H,19,23)/t13-/m0/s1. The van der Waals surface area contributed by atoms with Crippen molar-refractivity contribution in [3.05, 3.63) is 46.2 Å². The number of amides is 1. The van der Waals surface area contributed by atoms with Crippen LogP contribution >= 0.6 is 11.6 Å². The van der Waals surface area contributed by atoms with Gasteiger partial charge in [-0.05, 0) is 45.5 Å². The van der Waals surface area contributed by atoms with E-state index in [0.717, 1.165) is 22.6 Å². The van der Waals surface area contributed by atoms with Crippen LogP contribution in [0.5, 0.6) is 0 Å². The minimum Gasteiger partial charge on any atom is -0.322 e. The van der Waals surface area contributed by atoms with Crippen LogP contribution in [-0.2, 0) is 18.4 Å². The van der Waals surface area contributed by atoms with Gasteiger partial charge in [-0.25, -0.2) is 0 Å². The van der Waals surface area contributed by atoms with Gasteiger partial charge >= 0.3 is 0 Å². The Morgan fingerprint density at radius 3 is 2.70 bits per heavy atom. The molecule has 0 unspecified atom stereocenters. The van der Waals surface area contributed by atoms with Gasteiger partial charge < -0.3 is 5.32 Å². The molecular formula is C17H23ClN4O. The fraction of sp³-hybridized carbons (Fsp3) is 0.412. The number of carbonyl (C=O) groups excluding carboxylic acids is 1. The molecule has 0 fully saturated rings. The number of carbonyl (C=O) groups is 1. The summed E-state index contributed by atoms with van der Waals surface area (Å²) in [6.45, 7) is 6.37. The van der Waals surface area contributed by atoms with E-state index >= 15 is 0 Å². The quantitative estimate of drug-likeness (QED) is 0.913. The number of rotatable bonds is 5. The molecule has 0 spiro atoms. The van der Waals surface area contributed by atoms with Crippen LogP contribution in [0.2, 0.25) is 5.02 Å². The van der Waals surface area contributed by atoms with Gasteiger partial charge in [0.15, 0.2) is 0 Å². The van der Waals surface area contributed by atoms with Gasteiger partial charge in [0.05, 0.1) is 23.1 Å². The molecule has 0 aliphatic heterocycles. The van der Waals surface area contributed by atoms with Crippen LogP contribution in [0.25, 0.3) is 0 Å². The molecule has 23 heavy (non-hydrogen) atoms. The van der Waals surface area contributed by atoms with E-state index in [-0.39, 0.29) is 11.9 Å². The SMILES string of the molecule is Cc1nn(C)c(C)c1NC(=O)[C@H](C)N(C)Cc1cccc(Cl)c1. The molecule has 2 rings (SSSR count). The smallest absolute Gasteiger partial charge is 0.241 e. The zero-order chi connectivity index (χ0) is 17.1. The second-order valence-electron chi connectivity index (χ2n) is 5.88. The summed E-state index contributed by atoms with van der Waals surface area (Å²) >= 11 is 6.01. The molecule has 0 saturated heterocycles. The first-order valence-electron chi connectivity index (χ1n) is 7.55. The Labute approximate surface area is 142 Å². The van der Waals surface area contributed by atoms with Crippen LogP contribution in [0.1, 0.15) is 23.9 Å². The third kappa shape index (κ3) is 4.12. The number of aryl methyl sites for hydroxylation is 2. The molecule has 0 aliphatic rings. The van der Waals surface area contributed by atoms with Crippen LogP contribution in [0.3, 0.4) is 0 Å². The maximum Gasteiger partial charge on any atom is 0.241 e. The first-order chi connectivity index (χ1) is 10.8. The number of benzene rings is 1. The third-order valence-corrected chi connectivity index (χ3v) is 4.35. The summed E-state index contributed by atoms with van der Waals surface area (Å²) in [5.41, 5.74) is 3.64. The molecule has 1 atom stereocenters. The van der Waals surface area contributed by atoms with Crippen LogP contribution in [0.15, 0.2) is 24.3 Å². The minimum atomic E-state index is -0.270. The van der Waals surface area contributed by atoms with Crippen molar-refractivity contribution in [1.29, 1.82) is 0 Å². The molecule has 0 radical (unpaired) electrons. The maximum atomic E-state index is 12.5. The molecule has 1 aromatic heterocycles. The Kier molecular flexibility index (Phi) is 5.44. The predicted molar refractivity (Wildman–Crippen MR) is 93.7 cm³/mol. The number of nitrogens with one attached hydrogen (secondary N) is 1. The van der Waals surface area contributed by atoms with Crippen LogP contribution in [-0.4, -0.2) is 33.7 Å². The van der Waals surface area contributed by atoms with Gasteiger partial charge in [0.25, 0.3) is 0 Å². The summed E-state index contributed by atoms with van der Waals surface area (Å²) in [4.78, 5) is 14.5. The largest absolute Gasteiger partial charge is 0.322 e. The van der Waals surface area contributed by atoms with E-state index in [1.807, 2.05) is 64.0 Å². The van der Waals surface area contributed by atoms with Crippen molar-refractivity contribution in [3.63, 3.8) is 0 Å². The second-order valence-corrected chi connectivity index (χ2v) is 6.32. The summed E-state index contributed by atoms with van der Waals surface area (Å²) in [5, 5.41) is 8.01. The lowest BCUT2D eigenvalue weighted by atomic mass is 10.2. The molecule has 0 saturated carbocycles. The molecule has 2 aromatic rings. The highest BCUT2D eigenvalue weighted by molar-refractivity contribution is 6.30. The van der Waals surface area contributed by atoms with Gasteiger partial charge in [0.2, 0.25) is 5.91 Å². The zero-order valence-electron chi connectivity index (χ0n) is 14.2. The van der Waals surface area contributed by atoms with Crippen molar-refractivity contribution in [2.45, 2.75) is 33.4 Å². The first kappa shape index (κ1) is 17.5. The van der Waals surface area contributed by atoms with Crippen molar-refractivity contribution in [2.75, 3.05) is 12.4 Å². The maximum absolute atomic E-state index is 12.5. The highest BCUT2D eigenvalue weighted by Gasteiger charge is 2.21. The molecule has 6 heteroatoms. The summed E-state index contributed by atoms with van der Waals surface area (Å²) in [7, 11) is 3.79.